The molecule has 0 aromatic carbocycles. The Bertz CT molecular complexity index is 292. The first-order chi connectivity index (χ1) is 9.13. The highest BCUT2D eigenvalue weighted by Crippen LogP contribution is 2.14. The first kappa shape index (κ1) is 15.7. The SMILES string of the molecule is O=C(NCCC1CCCCO1)N[C@H](CCO)C(=O)O. The van der Waals surface area contributed by atoms with Crippen LogP contribution in [0.25, 0.3) is 0 Å². The molecule has 1 unspecified atom stereocenters. The van der Waals surface area contributed by atoms with Gasteiger partial charge in [-0.25, -0.2) is 9.59 Å². The topological polar surface area (TPSA) is 108 Å². The lowest BCUT2D eigenvalue weighted by atomic mass is 10.1. The van der Waals surface area contributed by atoms with E-state index in [0.29, 0.717) is 6.54 Å². The summed E-state index contributed by atoms with van der Waals surface area (Å²) in [6.45, 7) is 0.934. The van der Waals surface area contributed by atoms with E-state index in [2.05, 4.69) is 10.6 Å². The van der Waals surface area contributed by atoms with Gasteiger partial charge >= 0.3 is 12.0 Å². The first-order valence-electron chi connectivity index (χ1n) is 6.63. The van der Waals surface area contributed by atoms with Gasteiger partial charge in [0.25, 0.3) is 0 Å². The molecule has 0 bridgehead atoms. The van der Waals surface area contributed by atoms with Crippen LogP contribution in [0.4, 0.5) is 4.79 Å². The smallest absolute Gasteiger partial charge is 0.326 e. The Balaban J connectivity index is 2.17. The lowest BCUT2D eigenvalue weighted by Gasteiger charge is -2.22. The molecule has 7 heteroatoms. The van der Waals surface area contributed by atoms with Crippen molar-refractivity contribution in [2.45, 2.75) is 44.2 Å². The molecule has 0 aromatic rings. The van der Waals surface area contributed by atoms with Gasteiger partial charge in [-0.3, -0.25) is 0 Å². The Labute approximate surface area is 112 Å². The summed E-state index contributed by atoms with van der Waals surface area (Å²) in [7, 11) is 0. The number of amides is 2. The number of carbonyl (C=O) groups excluding carboxylic acids is 1. The summed E-state index contributed by atoms with van der Waals surface area (Å²) in [5.74, 6) is -1.15. The molecular weight excluding hydrogens is 252 g/mol. The molecule has 0 aromatic heterocycles. The summed E-state index contributed by atoms with van der Waals surface area (Å²) in [5.41, 5.74) is 0. The second kappa shape index (κ2) is 8.71. The molecule has 1 rings (SSSR count). The van der Waals surface area contributed by atoms with Gasteiger partial charge in [-0.15, -0.1) is 0 Å². The van der Waals surface area contributed by atoms with Crippen LogP contribution in [0.2, 0.25) is 0 Å². The first-order valence-corrected chi connectivity index (χ1v) is 6.63. The minimum absolute atomic E-state index is 0.00547. The van der Waals surface area contributed by atoms with E-state index in [-0.39, 0.29) is 19.1 Å². The highest BCUT2D eigenvalue weighted by molar-refractivity contribution is 5.82. The Morgan fingerprint density at radius 2 is 2.16 bits per heavy atom. The van der Waals surface area contributed by atoms with Crippen molar-refractivity contribution in [3.05, 3.63) is 0 Å². The summed E-state index contributed by atoms with van der Waals surface area (Å²) in [5, 5.41) is 22.4. The Morgan fingerprint density at radius 3 is 2.74 bits per heavy atom. The van der Waals surface area contributed by atoms with Crippen molar-refractivity contribution < 1.29 is 24.5 Å². The van der Waals surface area contributed by atoms with Crippen LogP contribution in [0.3, 0.4) is 0 Å². The minimum Gasteiger partial charge on any atom is -0.480 e. The number of carbonyl (C=O) groups is 2. The van der Waals surface area contributed by atoms with E-state index in [1.807, 2.05) is 0 Å². The highest BCUT2D eigenvalue weighted by Gasteiger charge is 2.19. The van der Waals surface area contributed by atoms with E-state index in [1.165, 1.54) is 0 Å². The lowest BCUT2D eigenvalue weighted by molar-refractivity contribution is -0.139. The molecule has 0 aliphatic carbocycles. The fourth-order valence-corrected chi connectivity index (χ4v) is 1.98. The van der Waals surface area contributed by atoms with Gasteiger partial charge in [0.15, 0.2) is 0 Å². The van der Waals surface area contributed by atoms with E-state index >= 15 is 0 Å². The number of aliphatic hydroxyl groups is 1. The second-order valence-corrected chi connectivity index (χ2v) is 4.58. The van der Waals surface area contributed by atoms with Gasteiger partial charge in [0.2, 0.25) is 0 Å². The fourth-order valence-electron chi connectivity index (χ4n) is 1.98. The van der Waals surface area contributed by atoms with Crippen LogP contribution < -0.4 is 10.6 Å². The van der Waals surface area contributed by atoms with Gasteiger partial charge in [0.05, 0.1) is 6.10 Å². The molecule has 4 N–H and O–H groups in total. The van der Waals surface area contributed by atoms with E-state index in [0.717, 1.165) is 32.3 Å². The third kappa shape index (κ3) is 6.40. The van der Waals surface area contributed by atoms with Crippen molar-refractivity contribution in [1.29, 1.82) is 0 Å². The van der Waals surface area contributed by atoms with Crippen LogP contribution in [0.15, 0.2) is 0 Å². The quantitative estimate of drug-likeness (QED) is 0.526. The number of rotatable bonds is 7. The van der Waals surface area contributed by atoms with Crippen molar-refractivity contribution in [2.24, 2.45) is 0 Å². The van der Waals surface area contributed by atoms with Crippen LogP contribution in [0, 0.1) is 0 Å². The van der Waals surface area contributed by atoms with E-state index < -0.39 is 18.0 Å². The van der Waals surface area contributed by atoms with E-state index in [4.69, 9.17) is 14.9 Å². The van der Waals surface area contributed by atoms with Crippen molar-refractivity contribution in [1.82, 2.24) is 10.6 Å². The molecule has 0 radical (unpaired) electrons. The normalized spacial score (nSPS) is 20.6. The standard InChI is InChI=1S/C12H22N2O5/c15-7-5-10(11(16)17)14-12(18)13-6-4-9-3-1-2-8-19-9/h9-10,15H,1-8H2,(H,16,17)(H2,13,14,18)/t9?,10-/m1/s1. The lowest BCUT2D eigenvalue weighted by Crippen LogP contribution is -2.47. The molecule has 1 heterocycles. The molecule has 7 nitrogen and oxygen atoms in total. The van der Waals surface area contributed by atoms with E-state index in [9.17, 15) is 9.59 Å². The zero-order valence-electron chi connectivity index (χ0n) is 10.9. The predicted molar refractivity (Wildman–Crippen MR) is 67.9 cm³/mol. The molecule has 2 amide bonds. The molecule has 1 aliphatic rings. The molecule has 0 saturated carbocycles. The van der Waals surface area contributed by atoms with Crippen LogP contribution >= 0.6 is 0 Å². The summed E-state index contributed by atoms with van der Waals surface area (Å²) in [6, 6.07) is -1.59. The molecule has 0 spiro atoms. The number of hydrogen-bond acceptors (Lipinski definition) is 4. The largest absolute Gasteiger partial charge is 0.480 e. The number of ether oxygens (including phenoxy) is 1. The van der Waals surface area contributed by atoms with Crippen molar-refractivity contribution >= 4 is 12.0 Å². The number of hydrogen-bond donors (Lipinski definition) is 4. The van der Waals surface area contributed by atoms with Gasteiger partial charge in [-0.1, -0.05) is 0 Å². The fraction of sp³-hybridized carbons (Fsp3) is 0.833. The number of carboxylic acids is 1. The number of carboxylic acid groups (broad SMARTS) is 1. The van der Waals surface area contributed by atoms with Gasteiger partial charge in [-0.2, -0.15) is 0 Å². The Kier molecular flexibility index (Phi) is 7.20. The summed E-state index contributed by atoms with van der Waals surface area (Å²) in [6.07, 6.45) is 4.15. The van der Waals surface area contributed by atoms with Crippen molar-refractivity contribution in [3.63, 3.8) is 0 Å². The average molecular weight is 274 g/mol. The summed E-state index contributed by atoms with van der Waals surface area (Å²) in [4.78, 5) is 22.2. The second-order valence-electron chi connectivity index (χ2n) is 4.58. The molecule has 1 saturated heterocycles. The predicted octanol–water partition coefficient (Wildman–Crippen LogP) is 0.0804. The number of aliphatic hydroxyl groups excluding tert-OH is 1. The molecule has 2 atom stereocenters. The van der Waals surface area contributed by atoms with Crippen LogP contribution in [0.5, 0.6) is 0 Å². The Morgan fingerprint density at radius 1 is 1.37 bits per heavy atom. The van der Waals surface area contributed by atoms with Crippen molar-refractivity contribution in [2.75, 3.05) is 19.8 Å². The number of aliphatic carboxylic acids is 1. The highest BCUT2D eigenvalue weighted by atomic mass is 16.5. The van der Waals surface area contributed by atoms with Crippen LogP contribution in [-0.2, 0) is 9.53 Å². The van der Waals surface area contributed by atoms with Crippen molar-refractivity contribution in [3.8, 4) is 0 Å². The van der Waals surface area contributed by atoms with Gasteiger partial charge in [-0.05, 0) is 25.7 Å². The third-order valence-electron chi connectivity index (χ3n) is 3.05. The monoisotopic (exact) mass is 274 g/mol. The average Bonchev–Trinajstić information content (AvgIpc) is 2.39. The zero-order chi connectivity index (χ0) is 14.1. The summed E-state index contributed by atoms with van der Waals surface area (Å²) >= 11 is 0. The van der Waals surface area contributed by atoms with Crippen LogP contribution in [0.1, 0.15) is 32.1 Å². The molecule has 19 heavy (non-hydrogen) atoms. The maximum atomic E-state index is 11.5. The minimum atomic E-state index is -1.15. The zero-order valence-corrected chi connectivity index (χ0v) is 10.9. The molecular formula is C12H22N2O5. The maximum Gasteiger partial charge on any atom is 0.326 e. The maximum absolute atomic E-state index is 11.5. The summed E-state index contributed by atoms with van der Waals surface area (Å²) < 4.78 is 5.52. The number of nitrogens with one attached hydrogen (secondary N) is 2. The Hall–Kier alpha value is -1.34. The molecule has 110 valence electrons. The third-order valence-corrected chi connectivity index (χ3v) is 3.05. The molecule has 1 aliphatic heterocycles. The van der Waals surface area contributed by atoms with Gasteiger partial charge in [0, 0.05) is 26.2 Å². The van der Waals surface area contributed by atoms with Gasteiger partial charge < -0.3 is 25.6 Å². The van der Waals surface area contributed by atoms with Gasteiger partial charge in [0.1, 0.15) is 6.04 Å². The van der Waals surface area contributed by atoms with E-state index in [1.54, 1.807) is 0 Å². The molecule has 1 fully saturated rings. The van der Waals surface area contributed by atoms with Crippen LogP contribution in [-0.4, -0.2) is 54.1 Å². The number of urea groups is 1.